The third-order valence-corrected chi connectivity index (χ3v) is 4.76. The van der Waals surface area contributed by atoms with E-state index in [1.807, 2.05) is 23.5 Å². The monoisotopic (exact) mass is 230 g/mol. The van der Waals surface area contributed by atoms with Crippen LogP contribution in [0.5, 0.6) is 0 Å². The van der Waals surface area contributed by atoms with E-state index in [2.05, 4.69) is 16.6 Å². The zero-order valence-electron chi connectivity index (χ0n) is 8.71. The quantitative estimate of drug-likeness (QED) is 0.753. The molecule has 2 aliphatic rings. The molecule has 1 N–H and O–H groups in total. The molecular weight excluding hydrogens is 212 g/mol. The van der Waals surface area contributed by atoms with Crippen molar-refractivity contribution in [3.8, 4) is 0 Å². The van der Waals surface area contributed by atoms with Gasteiger partial charge in [-0.2, -0.15) is 11.8 Å². The SMILES string of the molecule is CSCCN=C1NC2(CCCC2)CS1. The second-order valence-corrected chi connectivity index (χ2v) is 6.03. The molecule has 1 aliphatic carbocycles. The van der Waals surface area contributed by atoms with E-state index in [1.165, 1.54) is 36.6 Å². The van der Waals surface area contributed by atoms with Crippen molar-refractivity contribution in [3.63, 3.8) is 0 Å². The predicted octanol–water partition coefficient (Wildman–Crippen LogP) is 2.35. The summed E-state index contributed by atoms with van der Waals surface area (Å²) in [7, 11) is 0. The lowest BCUT2D eigenvalue weighted by molar-refractivity contribution is 0.453. The van der Waals surface area contributed by atoms with Gasteiger partial charge in [-0.3, -0.25) is 4.99 Å². The first kappa shape index (κ1) is 10.7. The Balaban J connectivity index is 1.84. The Kier molecular flexibility index (Phi) is 3.66. The number of hydrogen-bond acceptors (Lipinski definition) is 3. The second kappa shape index (κ2) is 4.79. The molecule has 0 unspecified atom stereocenters. The Bertz CT molecular complexity index is 222. The standard InChI is InChI=1S/C10H18N2S2/c1-13-7-6-11-9-12-10(8-14-9)4-2-3-5-10/h2-8H2,1H3,(H,11,12). The molecule has 0 atom stereocenters. The Morgan fingerprint density at radius 1 is 1.50 bits per heavy atom. The molecule has 0 radical (unpaired) electrons. The molecule has 2 fully saturated rings. The zero-order chi connectivity index (χ0) is 9.86. The number of amidine groups is 1. The van der Waals surface area contributed by atoms with Crippen molar-refractivity contribution in [2.45, 2.75) is 31.2 Å². The van der Waals surface area contributed by atoms with E-state index < -0.39 is 0 Å². The third-order valence-electron chi connectivity index (χ3n) is 2.97. The lowest BCUT2D eigenvalue weighted by Crippen LogP contribution is -2.40. The number of thioether (sulfide) groups is 2. The van der Waals surface area contributed by atoms with E-state index in [-0.39, 0.29) is 0 Å². The largest absolute Gasteiger partial charge is 0.359 e. The van der Waals surface area contributed by atoms with Gasteiger partial charge in [0.1, 0.15) is 0 Å². The summed E-state index contributed by atoms with van der Waals surface area (Å²) < 4.78 is 0. The number of rotatable bonds is 3. The van der Waals surface area contributed by atoms with E-state index >= 15 is 0 Å². The van der Waals surface area contributed by atoms with Crippen LogP contribution in [0.15, 0.2) is 4.99 Å². The van der Waals surface area contributed by atoms with E-state index in [0.717, 1.165) is 12.3 Å². The predicted molar refractivity (Wildman–Crippen MR) is 67.5 cm³/mol. The van der Waals surface area contributed by atoms with Gasteiger partial charge in [-0.25, -0.2) is 0 Å². The average Bonchev–Trinajstić information content (AvgIpc) is 2.79. The number of aliphatic imine (C=N–C) groups is 1. The first-order chi connectivity index (χ1) is 6.85. The van der Waals surface area contributed by atoms with Crippen molar-refractivity contribution in [3.05, 3.63) is 0 Å². The molecule has 0 aromatic rings. The fourth-order valence-electron chi connectivity index (χ4n) is 2.15. The molecule has 14 heavy (non-hydrogen) atoms. The highest BCUT2D eigenvalue weighted by Gasteiger charge is 2.39. The Morgan fingerprint density at radius 3 is 3.00 bits per heavy atom. The van der Waals surface area contributed by atoms with Crippen molar-refractivity contribution in [2.24, 2.45) is 4.99 Å². The first-order valence-electron chi connectivity index (χ1n) is 5.29. The van der Waals surface area contributed by atoms with Crippen molar-refractivity contribution in [1.82, 2.24) is 5.32 Å². The zero-order valence-corrected chi connectivity index (χ0v) is 10.3. The molecule has 4 heteroatoms. The topological polar surface area (TPSA) is 24.4 Å². The van der Waals surface area contributed by atoms with E-state index in [9.17, 15) is 0 Å². The molecule has 1 heterocycles. The van der Waals surface area contributed by atoms with Crippen LogP contribution in [0.3, 0.4) is 0 Å². The number of nitrogens with zero attached hydrogens (tertiary/aromatic N) is 1. The van der Waals surface area contributed by atoms with Crippen molar-refractivity contribution >= 4 is 28.7 Å². The van der Waals surface area contributed by atoms with Gasteiger partial charge >= 0.3 is 0 Å². The highest BCUT2D eigenvalue weighted by Crippen LogP contribution is 2.37. The van der Waals surface area contributed by atoms with Crippen LogP contribution in [-0.4, -0.2) is 35.0 Å². The minimum absolute atomic E-state index is 0.433. The summed E-state index contributed by atoms with van der Waals surface area (Å²) in [6, 6.07) is 0. The van der Waals surface area contributed by atoms with Crippen molar-refractivity contribution in [2.75, 3.05) is 24.3 Å². The van der Waals surface area contributed by atoms with Gasteiger partial charge in [-0.15, -0.1) is 0 Å². The van der Waals surface area contributed by atoms with Gasteiger partial charge in [0.2, 0.25) is 0 Å². The maximum absolute atomic E-state index is 4.58. The summed E-state index contributed by atoms with van der Waals surface area (Å²) >= 11 is 3.78. The Labute approximate surface area is 94.7 Å². The summed E-state index contributed by atoms with van der Waals surface area (Å²) in [5.74, 6) is 2.38. The smallest absolute Gasteiger partial charge is 0.157 e. The van der Waals surface area contributed by atoms with Gasteiger partial charge in [0.15, 0.2) is 5.17 Å². The maximum Gasteiger partial charge on any atom is 0.157 e. The molecule has 0 amide bonds. The molecule has 2 rings (SSSR count). The summed E-state index contributed by atoms with van der Waals surface area (Å²) in [6.07, 6.45) is 7.62. The van der Waals surface area contributed by atoms with Gasteiger partial charge in [0.05, 0.1) is 6.54 Å². The highest BCUT2D eigenvalue weighted by molar-refractivity contribution is 8.14. The minimum Gasteiger partial charge on any atom is -0.359 e. The van der Waals surface area contributed by atoms with Crippen LogP contribution in [-0.2, 0) is 0 Å². The van der Waals surface area contributed by atoms with Gasteiger partial charge in [-0.1, -0.05) is 24.6 Å². The van der Waals surface area contributed by atoms with Gasteiger partial charge in [0.25, 0.3) is 0 Å². The Hall–Kier alpha value is 0.170. The molecule has 2 nitrogen and oxygen atoms in total. The van der Waals surface area contributed by atoms with Gasteiger partial charge in [0, 0.05) is 17.0 Å². The molecule has 80 valence electrons. The lowest BCUT2D eigenvalue weighted by atomic mass is 10.0. The Morgan fingerprint density at radius 2 is 2.29 bits per heavy atom. The minimum atomic E-state index is 0.433. The van der Waals surface area contributed by atoms with Crippen molar-refractivity contribution < 1.29 is 0 Å². The second-order valence-electron chi connectivity index (χ2n) is 4.08. The molecule has 1 spiro atoms. The summed E-state index contributed by atoms with van der Waals surface area (Å²) in [5, 5.41) is 4.82. The van der Waals surface area contributed by atoms with E-state index in [0.29, 0.717) is 5.54 Å². The molecule has 1 saturated heterocycles. The number of nitrogens with one attached hydrogen (secondary N) is 1. The van der Waals surface area contributed by atoms with Crippen LogP contribution in [0.25, 0.3) is 0 Å². The van der Waals surface area contributed by atoms with Crippen LogP contribution < -0.4 is 5.32 Å². The van der Waals surface area contributed by atoms with Gasteiger partial charge < -0.3 is 5.32 Å². The van der Waals surface area contributed by atoms with Crippen LogP contribution >= 0.6 is 23.5 Å². The average molecular weight is 230 g/mol. The van der Waals surface area contributed by atoms with Gasteiger partial charge in [-0.05, 0) is 19.1 Å². The lowest BCUT2D eigenvalue weighted by Gasteiger charge is -2.21. The molecular formula is C10H18N2S2. The van der Waals surface area contributed by atoms with Crippen LogP contribution in [0.2, 0.25) is 0 Å². The van der Waals surface area contributed by atoms with Crippen LogP contribution in [0, 0.1) is 0 Å². The normalized spacial score (nSPS) is 27.4. The van der Waals surface area contributed by atoms with E-state index in [1.54, 1.807) is 0 Å². The summed E-state index contributed by atoms with van der Waals surface area (Å²) in [4.78, 5) is 4.58. The summed E-state index contributed by atoms with van der Waals surface area (Å²) in [5.41, 5.74) is 0.433. The van der Waals surface area contributed by atoms with Crippen molar-refractivity contribution in [1.29, 1.82) is 0 Å². The summed E-state index contributed by atoms with van der Waals surface area (Å²) in [6.45, 7) is 0.965. The van der Waals surface area contributed by atoms with Crippen LogP contribution in [0.1, 0.15) is 25.7 Å². The fraction of sp³-hybridized carbons (Fsp3) is 0.900. The van der Waals surface area contributed by atoms with Crippen LogP contribution in [0.4, 0.5) is 0 Å². The molecule has 1 aliphatic heterocycles. The fourth-order valence-corrected chi connectivity index (χ4v) is 3.67. The maximum atomic E-state index is 4.58. The number of hydrogen-bond donors (Lipinski definition) is 1. The molecule has 0 aromatic heterocycles. The van der Waals surface area contributed by atoms with E-state index in [4.69, 9.17) is 0 Å². The first-order valence-corrected chi connectivity index (χ1v) is 7.67. The highest BCUT2D eigenvalue weighted by atomic mass is 32.2. The molecule has 0 aromatic carbocycles. The third kappa shape index (κ3) is 2.40. The molecule has 1 saturated carbocycles. The molecule has 0 bridgehead atoms.